The lowest BCUT2D eigenvalue weighted by molar-refractivity contribution is -0.139. The molecular weight excluding hydrogens is 270 g/mol. The Balaban J connectivity index is 2.67. The molecule has 122 valence electrons. The Labute approximate surface area is 127 Å². The van der Waals surface area contributed by atoms with Crippen LogP contribution in [0.1, 0.15) is 46.0 Å². The van der Waals surface area contributed by atoms with Crippen molar-refractivity contribution in [2.24, 2.45) is 0 Å². The average molecular weight is 299 g/mol. The van der Waals surface area contributed by atoms with Crippen LogP contribution in [0.4, 0.5) is 4.79 Å². The van der Waals surface area contributed by atoms with Crippen LogP contribution >= 0.6 is 0 Å². The van der Waals surface area contributed by atoms with Crippen molar-refractivity contribution in [2.45, 2.75) is 58.0 Å². The Morgan fingerprint density at radius 1 is 1.33 bits per heavy atom. The van der Waals surface area contributed by atoms with E-state index >= 15 is 0 Å². The molecule has 1 unspecified atom stereocenters. The first kappa shape index (κ1) is 17.8. The number of urea groups is 1. The molecule has 0 bridgehead atoms. The van der Waals surface area contributed by atoms with Crippen molar-refractivity contribution < 1.29 is 14.7 Å². The van der Waals surface area contributed by atoms with Gasteiger partial charge in [-0.15, -0.1) is 0 Å². The minimum atomic E-state index is -0.947. The number of unbranched alkanes of at least 4 members (excludes halogenated alkanes) is 1. The number of nitrogens with zero attached hydrogens (tertiary/aromatic N) is 2. The Hall–Kier alpha value is -1.30. The number of amides is 2. The molecule has 21 heavy (non-hydrogen) atoms. The van der Waals surface area contributed by atoms with E-state index < -0.39 is 12.0 Å². The summed E-state index contributed by atoms with van der Waals surface area (Å²) < 4.78 is 0. The second-order valence-electron chi connectivity index (χ2n) is 5.85. The summed E-state index contributed by atoms with van der Waals surface area (Å²) in [5.74, 6) is -0.947. The van der Waals surface area contributed by atoms with E-state index in [2.05, 4.69) is 24.2 Å². The molecule has 0 aromatic rings. The SMILES string of the molecule is CCCC[C@H](NC(=O)N1CCCN(C)CC1CC)C(=O)O. The van der Waals surface area contributed by atoms with Gasteiger partial charge in [0.1, 0.15) is 6.04 Å². The van der Waals surface area contributed by atoms with Crippen LogP contribution in [0.3, 0.4) is 0 Å². The molecule has 2 N–H and O–H groups in total. The lowest BCUT2D eigenvalue weighted by atomic mass is 10.1. The molecule has 1 rings (SSSR count). The number of hydrogen-bond acceptors (Lipinski definition) is 3. The molecule has 1 heterocycles. The van der Waals surface area contributed by atoms with Crippen molar-refractivity contribution in [1.29, 1.82) is 0 Å². The topological polar surface area (TPSA) is 72.9 Å². The number of carbonyl (C=O) groups excluding carboxylic acids is 1. The zero-order valence-corrected chi connectivity index (χ0v) is 13.5. The van der Waals surface area contributed by atoms with Gasteiger partial charge < -0.3 is 20.2 Å². The summed E-state index contributed by atoms with van der Waals surface area (Å²) in [6.45, 7) is 6.58. The van der Waals surface area contributed by atoms with Crippen molar-refractivity contribution in [2.75, 3.05) is 26.7 Å². The first-order chi connectivity index (χ1) is 9.99. The number of carboxylic acids is 1. The summed E-state index contributed by atoms with van der Waals surface area (Å²) in [7, 11) is 2.06. The summed E-state index contributed by atoms with van der Waals surface area (Å²) in [5.41, 5.74) is 0. The van der Waals surface area contributed by atoms with Crippen LogP contribution in [0.2, 0.25) is 0 Å². The van der Waals surface area contributed by atoms with Crippen molar-refractivity contribution in [3.05, 3.63) is 0 Å². The average Bonchev–Trinajstić information content (AvgIpc) is 2.64. The van der Waals surface area contributed by atoms with Gasteiger partial charge in [-0.3, -0.25) is 0 Å². The first-order valence-corrected chi connectivity index (χ1v) is 7.98. The molecule has 0 spiro atoms. The zero-order chi connectivity index (χ0) is 15.8. The lowest BCUT2D eigenvalue weighted by Gasteiger charge is -2.31. The van der Waals surface area contributed by atoms with Crippen LogP contribution in [-0.2, 0) is 4.79 Å². The third-order valence-electron chi connectivity index (χ3n) is 4.08. The van der Waals surface area contributed by atoms with E-state index in [1.807, 2.05) is 11.8 Å². The van der Waals surface area contributed by atoms with E-state index in [9.17, 15) is 14.7 Å². The van der Waals surface area contributed by atoms with Crippen molar-refractivity contribution in [3.63, 3.8) is 0 Å². The van der Waals surface area contributed by atoms with Gasteiger partial charge in [0.15, 0.2) is 0 Å². The molecule has 0 aromatic heterocycles. The van der Waals surface area contributed by atoms with Crippen LogP contribution in [0, 0.1) is 0 Å². The summed E-state index contributed by atoms with van der Waals surface area (Å²) >= 11 is 0. The molecule has 6 nitrogen and oxygen atoms in total. The van der Waals surface area contributed by atoms with Gasteiger partial charge in [-0.1, -0.05) is 26.7 Å². The Bertz CT molecular complexity index is 349. The predicted molar refractivity (Wildman–Crippen MR) is 82.4 cm³/mol. The number of carbonyl (C=O) groups is 2. The molecule has 6 heteroatoms. The highest BCUT2D eigenvalue weighted by molar-refractivity contribution is 5.82. The van der Waals surface area contributed by atoms with E-state index in [1.165, 1.54) is 0 Å². The molecule has 2 atom stereocenters. The molecule has 0 saturated carbocycles. The monoisotopic (exact) mass is 299 g/mol. The maximum Gasteiger partial charge on any atom is 0.326 e. The molecule has 0 aliphatic carbocycles. The van der Waals surface area contributed by atoms with Gasteiger partial charge >= 0.3 is 12.0 Å². The zero-order valence-electron chi connectivity index (χ0n) is 13.5. The number of nitrogens with one attached hydrogen (secondary N) is 1. The molecule has 1 fully saturated rings. The number of hydrogen-bond donors (Lipinski definition) is 2. The van der Waals surface area contributed by atoms with Crippen molar-refractivity contribution >= 4 is 12.0 Å². The van der Waals surface area contributed by atoms with E-state index in [0.717, 1.165) is 38.8 Å². The highest BCUT2D eigenvalue weighted by Crippen LogP contribution is 2.13. The quantitative estimate of drug-likeness (QED) is 0.784. The van der Waals surface area contributed by atoms with E-state index in [0.29, 0.717) is 13.0 Å². The highest BCUT2D eigenvalue weighted by Gasteiger charge is 2.28. The number of rotatable bonds is 6. The standard InChI is InChI=1S/C15H29N3O3/c1-4-6-8-13(14(19)20)16-15(21)18-10-7-9-17(3)11-12(18)5-2/h12-13H,4-11H2,1-3H3,(H,16,21)(H,19,20)/t12?,13-/m0/s1. The van der Waals surface area contributed by atoms with Crippen LogP contribution in [0.25, 0.3) is 0 Å². The predicted octanol–water partition coefficient (Wildman–Crippen LogP) is 1.76. The van der Waals surface area contributed by atoms with Gasteiger partial charge in [-0.05, 0) is 32.9 Å². The molecule has 0 aromatic carbocycles. The van der Waals surface area contributed by atoms with Crippen LogP contribution in [0.5, 0.6) is 0 Å². The van der Waals surface area contributed by atoms with Gasteiger partial charge in [0, 0.05) is 19.1 Å². The number of likely N-dealkylation sites (N-methyl/N-ethyl adjacent to an activating group) is 1. The number of carboxylic acid groups (broad SMARTS) is 1. The van der Waals surface area contributed by atoms with E-state index in [4.69, 9.17) is 0 Å². The summed E-state index contributed by atoms with van der Waals surface area (Å²) in [6, 6.07) is -0.866. The van der Waals surface area contributed by atoms with Gasteiger partial charge in [0.25, 0.3) is 0 Å². The fraction of sp³-hybridized carbons (Fsp3) is 0.867. The molecule has 1 aliphatic rings. The fourth-order valence-electron chi connectivity index (χ4n) is 2.76. The van der Waals surface area contributed by atoms with Crippen molar-refractivity contribution in [1.82, 2.24) is 15.1 Å². The van der Waals surface area contributed by atoms with Gasteiger partial charge in [0.05, 0.1) is 0 Å². The smallest absolute Gasteiger partial charge is 0.326 e. The Morgan fingerprint density at radius 3 is 2.62 bits per heavy atom. The van der Waals surface area contributed by atoms with Crippen molar-refractivity contribution in [3.8, 4) is 0 Å². The number of aliphatic carboxylic acids is 1. The Morgan fingerprint density at radius 2 is 2.05 bits per heavy atom. The largest absolute Gasteiger partial charge is 0.480 e. The van der Waals surface area contributed by atoms with E-state index in [1.54, 1.807) is 0 Å². The molecular formula is C15H29N3O3. The fourth-order valence-corrected chi connectivity index (χ4v) is 2.76. The molecule has 1 aliphatic heterocycles. The molecule has 1 saturated heterocycles. The first-order valence-electron chi connectivity index (χ1n) is 7.98. The molecule has 0 radical (unpaired) electrons. The maximum absolute atomic E-state index is 12.4. The molecule has 2 amide bonds. The lowest BCUT2D eigenvalue weighted by Crippen LogP contribution is -2.52. The third-order valence-corrected chi connectivity index (χ3v) is 4.08. The second-order valence-corrected chi connectivity index (χ2v) is 5.85. The minimum Gasteiger partial charge on any atom is -0.480 e. The van der Waals surface area contributed by atoms with Crippen LogP contribution < -0.4 is 5.32 Å². The van der Waals surface area contributed by atoms with E-state index in [-0.39, 0.29) is 12.1 Å². The van der Waals surface area contributed by atoms with Gasteiger partial charge in [-0.2, -0.15) is 0 Å². The minimum absolute atomic E-state index is 0.151. The second kappa shape index (κ2) is 8.87. The summed E-state index contributed by atoms with van der Waals surface area (Å²) in [4.78, 5) is 27.7. The van der Waals surface area contributed by atoms with Gasteiger partial charge in [-0.25, -0.2) is 9.59 Å². The van der Waals surface area contributed by atoms with Crippen LogP contribution in [-0.4, -0.2) is 65.7 Å². The normalized spacial score (nSPS) is 21.7. The summed E-state index contributed by atoms with van der Waals surface area (Å²) in [5, 5.41) is 11.9. The third kappa shape index (κ3) is 5.53. The van der Waals surface area contributed by atoms with Gasteiger partial charge in [0.2, 0.25) is 0 Å². The summed E-state index contributed by atoms with van der Waals surface area (Å²) in [6.07, 6.45) is 4.02. The highest BCUT2D eigenvalue weighted by atomic mass is 16.4. The maximum atomic E-state index is 12.4. The van der Waals surface area contributed by atoms with Crippen LogP contribution in [0.15, 0.2) is 0 Å². The Kier molecular flexibility index (Phi) is 7.50.